The summed E-state index contributed by atoms with van der Waals surface area (Å²) in [6.45, 7) is 9.81. The number of rotatable bonds is 1. The van der Waals surface area contributed by atoms with Gasteiger partial charge in [-0.25, -0.2) is 4.39 Å². The lowest BCUT2D eigenvalue weighted by Gasteiger charge is -2.03. The summed E-state index contributed by atoms with van der Waals surface area (Å²) in [7, 11) is 1.46. The Balaban J connectivity index is 0. The Morgan fingerprint density at radius 2 is 1.57 bits per heavy atom. The van der Waals surface area contributed by atoms with E-state index >= 15 is 0 Å². The normalized spacial score (nSPS) is 7.64. The van der Waals surface area contributed by atoms with Crippen molar-refractivity contribution in [3.05, 3.63) is 29.6 Å². The van der Waals surface area contributed by atoms with E-state index < -0.39 is 0 Å². The Morgan fingerprint density at radius 3 is 1.86 bits per heavy atom. The number of hydrogen-bond acceptors (Lipinski definition) is 1. The number of hydrogen-bond donors (Lipinski definition) is 0. The van der Waals surface area contributed by atoms with Crippen LogP contribution in [0.5, 0.6) is 5.75 Å². The fraction of sp³-hybridized carbons (Fsp3) is 0.500. The zero-order valence-corrected chi connectivity index (χ0v) is 10.0. The lowest BCUT2D eigenvalue weighted by Crippen LogP contribution is -1.89. The van der Waals surface area contributed by atoms with Crippen molar-refractivity contribution in [3.8, 4) is 5.75 Å². The highest BCUT2D eigenvalue weighted by Crippen LogP contribution is 2.20. The minimum atomic E-state index is -0.303. The number of ether oxygens (including phenoxy) is 1. The summed E-state index contributed by atoms with van der Waals surface area (Å²) in [5, 5.41) is 0. The standard InChI is InChI=1S/C8H9FO.2C2H6/c1-6-4-3-5-7(9)8(6)10-2;2*1-2/h3-5H,1-2H3;2*1-2H3. The van der Waals surface area contributed by atoms with Gasteiger partial charge >= 0.3 is 0 Å². The quantitative estimate of drug-likeness (QED) is 0.660. The van der Waals surface area contributed by atoms with Gasteiger partial charge in [0.15, 0.2) is 11.6 Å². The molecule has 0 aliphatic carbocycles. The topological polar surface area (TPSA) is 9.23 Å². The molecule has 2 heteroatoms. The highest BCUT2D eigenvalue weighted by atomic mass is 19.1. The van der Waals surface area contributed by atoms with Crippen molar-refractivity contribution in [3.63, 3.8) is 0 Å². The van der Waals surface area contributed by atoms with Crippen LogP contribution < -0.4 is 4.74 Å². The monoisotopic (exact) mass is 200 g/mol. The maximum atomic E-state index is 12.7. The van der Waals surface area contributed by atoms with Gasteiger partial charge in [-0.05, 0) is 18.6 Å². The van der Waals surface area contributed by atoms with Crippen LogP contribution in [-0.2, 0) is 0 Å². The van der Waals surface area contributed by atoms with E-state index in [1.54, 1.807) is 6.07 Å². The van der Waals surface area contributed by atoms with Crippen molar-refractivity contribution in [2.24, 2.45) is 0 Å². The average Bonchev–Trinajstić information content (AvgIpc) is 2.24. The Labute approximate surface area is 86.9 Å². The van der Waals surface area contributed by atoms with Crippen LogP contribution in [0, 0.1) is 12.7 Å². The van der Waals surface area contributed by atoms with E-state index in [9.17, 15) is 4.39 Å². The molecular weight excluding hydrogens is 179 g/mol. The number of halogens is 1. The molecule has 14 heavy (non-hydrogen) atoms. The number of methoxy groups -OCH3 is 1. The Morgan fingerprint density at radius 1 is 1.07 bits per heavy atom. The molecule has 0 N–H and O–H groups in total. The van der Waals surface area contributed by atoms with E-state index in [2.05, 4.69) is 0 Å². The van der Waals surface area contributed by atoms with Gasteiger partial charge in [-0.3, -0.25) is 0 Å². The summed E-state index contributed by atoms with van der Waals surface area (Å²) < 4.78 is 17.5. The van der Waals surface area contributed by atoms with Crippen molar-refractivity contribution >= 4 is 0 Å². The molecule has 0 fully saturated rings. The molecule has 0 bridgehead atoms. The Bertz CT molecular complexity index is 214. The lowest BCUT2D eigenvalue weighted by atomic mass is 10.2. The second-order valence-electron chi connectivity index (χ2n) is 2.09. The summed E-state index contributed by atoms with van der Waals surface area (Å²) in [6.07, 6.45) is 0. The molecule has 82 valence electrons. The molecule has 0 unspecified atom stereocenters. The van der Waals surface area contributed by atoms with E-state index in [0.717, 1.165) is 5.56 Å². The first-order valence-electron chi connectivity index (χ1n) is 5.05. The maximum absolute atomic E-state index is 12.7. The molecule has 0 aromatic heterocycles. The van der Waals surface area contributed by atoms with Crippen LogP contribution in [0.2, 0.25) is 0 Å². The lowest BCUT2D eigenvalue weighted by molar-refractivity contribution is 0.383. The van der Waals surface area contributed by atoms with Gasteiger partial charge in [0, 0.05) is 0 Å². The van der Waals surface area contributed by atoms with Gasteiger partial charge in [-0.1, -0.05) is 39.8 Å². The summed E-state index contributed by atoms with van der Waals surface area (Å²) >= 11 is 0. The van der Waals surface area contributed by atoms with Gasteiger partial charge in [-0.15, -0.1) is 0 Å². The van der Waals surface area contributed by atoms with Gasteiger partial charge in [0.1, 0.15) is 0 Å². The van der Waals surface area contributed by atoms with Crippen molar-refractivity contribution < 1.29 is 9.13 Å². The molecule has 1 nitrogen and oxygen atoms in total. The number of para-hydroxylation sites is 1. The van der Waals surface area contributed by atoms with Gasteiger partial charge in [0.25, 0.3) is 0 Å². The van der Waals surface area contributed by atoms with Crippen LogP contribution in [0.4, 0.5) is 4.39 Å². The first-order chi connectivity index (χ1) is 6.75. The zero-order chi connectivity index (χ0) is 11.6. The molecule has 0 radical (unpaired) electrons. The van der Waals surface area contributed by atoms with Crippen LogP contribution in [0.25, 0.3) is 0 Å². The highest BCUT2D eigenvalue weighted by Gasteiger charge is 2.02. The van der Waals surface area contributed by atoms with Gasteiger partial charge in [0.05, 0.1) is 7.11 Å². The Kier molecular flexibility index (Phi) is 11.1. The van der Waals surface area contributed by atoms with Crippen LogP contribution in [0.15, 0.2) is 18.2 Å². The van der Waals surface area contributed by atoms with Gasteiger partial charge < -0.3 is 4.74 Å². The van der Waals surface area contributed by atoms with E-state index in [1.165, 1.54) is 13.2 Å². The fourth-order valence-electron chi connectivity index (χ4n) is 0.875. The third kappa shape index (κ3) is 4.85. The maximum Gasteiger partial charge on any atom is 0.165 e. The van der Waals surface area contributed by atoms with Crippen LogP contribution in [-0.4, -0.2) is 7.11 Å². The minimum absolute atomic E-state index is 0.303. The zero-order valence-electron chi connectivity index (χ0n) is 10.0. The van der Waals surface area contributed by atoms with Crippen molar-refractivity contribution in [2.45, 2.75) is 34.6 Å². The van der Waals surface area contributed by atoms with Crippen LogP contribution in [0.3, 0.4) is 0 Å². The van der Waals surface area contributed by atoms with Crippen LogP contribution >= 0.6 is 0 Å². The molecule has 0 amide bonds. The SMILES string of the molecule is CC.CC.COc1c(C)cccc1F. The average molecular weight is 200 g/mol. The smallest absolute Gasteiger partial charge is 0.165 e. The third-order valence-corrected chi connectivity index (χ3v) is 1.37. The highest BCUT2D eigenvalue weighted by molar-refractivity contribution is 5.33. The number of benzene rings is 1. The molecule has 0 saturated heterocycles. The molecule has 1 aromatic rings. The minimum Gasteiger partial charge on any atom is -0.493 e. The van der Waals surface area contributed by atoms with Crippen molar-refractivity contribution in [1.29, 1.82) is 0 Å². The van der Waals surface area contributed by atoms with E-state index in [-0.39, 0.29) is 5.82 Å². The second-order valence-corrected chi connectivity index (χ2v) is 2.09. The molecule has 1 rings (SSSR count). The Hall–Kier alpha value is -1.05. The van der Waals surface area contributed by atoms with E-state index in [0.29, 0.717) is 5.75 Å². The van der Waals surface area contributed by atoms with Crippen molar-refractivity contribution in [2.75, 3.05) is 7.11 Å². The van der Waals surface area contributed by atoms with Gasteiger partial charge in [0.2, 0.25) is 0 Å². The summed E-state index contributed by atoms with van der Waals surface area (Å²) in [6, 6.07) is 4.85. The first kappa shape index (κ1) is 15.4. The van der Waals surface area contributed by atoms with E-state index in [4.69, 9.17) is 4.74 Å². The van der Waals surface area contributed by atoms with Gasteiger partial charge in [-0.2, -0.15) is 0 Å². The van der Waals surface area contributed by atoms with Crippen LogP contribution in [0.1, 0.15) is 33.3 Å². The molecule has 1 aromatic carbocycles. The first-order valence-corrected chi connectivity index (χ1v) is 5.05. The molecule has 0 atom stereocenters. The summed E-state index contributed by atoms with van der Waals surface area (Å²) in [4.78, 5) is 0. The molecular formula is C12H21FO. The summed E-state index contributed by atoms with van der Waals surface area (Å²) in [5.74, 6) is 0.0324. The largest absolute Gasteiger partial charge is 0.493 e. The van der Waals surface area contributed by atoms with E-state index in [1.807, 2.05) is 40.7 Å². The summed E-state index contributed by atoms with van der Waals surface area (Å²) in [5.41, 5.74) is 0.822. The van der Waals surface area contributed by atoms with Crippen molar-refractivity contribution in [1.82, 2.24) is 0 Å². The molecule has 0 aliphatic rings. The second kappa shape index (κ2) is 10.0. The number of aryl methyl sites for hydroxylation is 1. The predicted octanol–water partition coefficient (Wildman–Crippen LogP) is 4.20. The fourth-order valence-corrected chi connectivity index (χ4v) is 0.875. The molecule has 0 heterocycles. The molecule has 0 aliphatic heterocycles. The molecule has 0 saturated carbocycles. The third-order valence-electron chi connectivity index (χ3n) is 1.37. The predicted molar refractivity (Wildman–Crippen MR) is 60.4 cm³/mol. The molecule has 0 spiro atoms.